The molecule has 2 aliphatic rings. The fourth-order valence-corrected chi connectivity index (χ4v) is 3.99. The van der Waals surface area contributed by atoms with Gasteiger partial charge in [-0.05, 0) is 61.7 Å². The van der Waals surface area contributed by atoms with E-state index in [9.17, 15) is 9.59 Å². The lowest BCUT2D eigenvalue weighted by Crippen LogP contribution is -2.43. The highest BCUT2D eigenvalue weighted by atomic mass is 79.9. The maximum absolute atomic E-state index is 12.6. The number of aryl methyl sites for hydroxylation is 1. The molecule has 0 aliphatic carbocycles. The van der Waals surface area contributed by atoms with Crippen LogP contribution in [0.2, 0.25) is 0 Å². The van der Waals surface area contributed by atoms with E-state index in [0.717, 1.165) is 28.8 Å². The number of benzene rings is 2. The minimum Gasteiger partial charge on any atom is -0.482 e. The number of amides is 2. The van der Waals surface area contributed by atoms with Gasteiger partial charge in [0.15, 0.2) is 6.61 Å². The highest BCUT2D eigenvalue weighted by Gasteiger charge is 2.27. The molecule has 2 amide bonds. The first kappa shape index (κ1) is 18.8. The maximum Gasteiger partial charge on any atom is 0.265 e. The second-order valence-electron chi connectivity index (χ2n) is 7.12. The predicted molar refractivity (Wildman–Crippen MR) is 113 cm³/mol. The third kappa shape index (κ3) is 3.85. The van der Waals surface area contributed by atoms with E-state index in [1.54, 1.807) is 12.1 Å². The van der Waals surface area contributed by atoms with Crippen molar-refractivity contribution >= 4 is 44.8 Å². The number of hydrogen-bond donors (Lipinski definition) is 1. The molecule has 4 rings (SSSR count). The Bertz CT molecular complexity index is 925. The van der Waals surface area contributed by atoms with Crippen LogP contribution in [0.25, 0.3) is 0 Å². The van der Waals surface area contributed by atoms with Crippen molar-refractivity contribution < 1.29 is 14.3 Å². The van der Waals surface area contributed by atoms with Gasteiger partial charge in [-0.25, -0.2) is 0 Å². The predicted octanol–water partition coefficient (Wildman–Crippen LogP) is 3.72. The molecule has 6 nitrogen and oxygen atoms in total. The van der Waals surface area contributed by atoms with Crippen LogP contribution in [-0.2, 0) is 9.59 Å². The number of fused-ring (bicyclic) bond motifs is 1. The van der Waals surface area contributed by atoms with Gasteiger partial charge >= 0.3 is 0 Å². The van der Waals surface area contributed by atoms with Crippen LogP contribution < -0.4 is 19.9 Å². The molecule has 2 heterocycles. The van der Waals surface area contributed by atoms with Gasteiger partial charge in [0.2, 0.25) is 5.91 Å². The SMILES string of the molecule is Cc1cc(N2CCCC2)ccc1NC(=O)CN1C(=O)COc2cc(Br)ccc21. The van der Waals surface area contributed by atoms with Crippen molar-refractivity contribution in [3.8, 4) is 5.75 Å². The summed E-state index contributed by atoms with van der Waals surface area (Å²) in [6.07, 6.45) is 2.45. The summed E-state index contributed by atoms with van der Waals surface area (Å²) < 4.78 is 6.33. The van der Waals surface area contributed by atoms with Crippen molar-refractivity contribution in [3.05, 3.63) is 46.4 Å². The van der Waals surface area contributed by atoms with Crippen molar-refractivity contribution in [2.45, 2.75) is 19.8 Å². The Balaban J connectivity index is 1.47. The minimum absolute atomic E-state index is 0.0514. The summed E-state index contributed by atoms with van der Waals surface area (Å²) in [4.78, 5) is 28.8. The molecule has 2 aliphatic heterocycles. The molecule has 2 aromatic carbocycles. The molecule has 1 saturated heterocycles. The largest absolute Gasteiger partial charge is 0.482 e. The van der Waals surface area contributed by atoms with E-state index >= 15 is 0 Å². The number of nitrogens with one attached hydrogen (secondary N) is 1. The molecule has 7 heteroatoms. The van der Waals surface area contributed by atoms with Crippen LogP contribution in [-0.4, -0.2) is 38.1 Å². The van der Waals surface area contributed by atoms with E-state index in [1.165, 1.54) is 23.4 Å². The summed E-state index contributed by atoms with van der Waals surface area (Å²) >= 11 is 3.39. The Labute approximate surface area is 172 Å². The maximum atomic E-state index is 12.6. The number of halogens is 1. The normalized spacial score (nSPS) is 16.0. The van der Waals surface area contributed by atoms with Crippen molar-refractivity contribution in [1.29, 1.82) is 0 Å². The minimum atomic E-state index is -0.235. The van der Waals surface area contributed by atoms with E-state index in [-0.39, 0.29) is 25.0 Å². The quantitative estimate of drug-likeness (QED) is 0.781. The molecular weight excluding hydrogens is 422 g/mol. The lowest BCUT2D eigenvalue weighted by atomic mass is 10.1. The summed E-state index contributed by atoms with van der Waals surface area (Å²) in [6.45, 7) is 4.03. The van der Waals surface area contributed by atoms with Gasteiger partial charge < -0.3 is 15.0 Å². The van der Waals surface area contributed by atoms with Crippen LogP contribution in [0.1, 0.15) is 18.4 Å². The van der Waals surface area contributed by atoms with Crippen LogP contribution in [0.5, 0.6) is 5.75 Å². The van der Waals surface area contributed by atoms with E-state index in [4.69, 9.17) is 4.74 Å². The van der Waals surface area contributed by atoms with Gasteiger partial charge in [0.1, 0.15) is 12.3 Å². The molecule has 1 N–H and O–H groups in total. The zero-order chi connectivity index (χ0) is 19.7. The lowest BCUT2D eigenvalue weighted by molar-refractivity contribution is -0.123. The molecular formula is C21H22BrN3O3. The van der Waals surface area contributed by atoms with Crippen LogP contribution in [0.15, 0.2) is 40.9 Å². The Hall–Kier alpha value is -2.54. The van der Waals surface area contributed by atoms with Gasteiger partial charge in [0, 0.05) is 28.9 Å². The summed E-state index contributed by atoms with van der Waals surface area (Å²) in [7, 11) is 0. The van der Waals surface area contributed by atoms with Gasteiger partial charge in [0.05, 0.1) is 5.69 Å². The Kier molecular flexibility index (Phi) is 5.26. The van der Waals surface area contributed by atoms with Crippen LogP contribution in [0.4, 0.5) is 17.1 Å². The number of nitrogens with zero attached hydrogens (tertiary/aromatic N) is 2. The Morgan fingerprint density at radius 3 is 2.71 bits per heavy atom. The molecule has 0 spiro atoms. The van der Waals surface area contributed by atoms with E-state index in [2.05, 4.69) is 32.2 Å². The second-order valence-corrected chi connectivity index (χ2v) is 8.04. The molecule has 0 radical (unpaired) electrons. The fourth-order valence-electron chi connectivity index (χ4n) is 3.65. The number of anilines is 3. The molecule has 1 fully saturated rings. The van der Waals surface area contributed by atoms with Gasteiger partial charge in [-0.15, -0.1) is 0 Å². The zero-order valence-electron chi connectivity index (χ0n) is 15.7. The van der Waals surface area contributed by atoms with Crippen molar-refractivity contribution in [1.82, 2.24) is 0 Å². The molecule has 0 saturated carbocycles. The zero-order valence-corrected chi connectivity index (χ0v) is 17.3. The second kappa shape index (κ2) is 7.83. The number of ether oxygens (including phenoxy) is 1. The first-order valence-corrected chi connectivity index (χ1v) is 10.2. The van der Waals surface area contributed by atoms with Crippen LogP contribution in [0.3, 0.4) is 0 Å². The number of carbonyl (C=O) groups excluding carboxylic acids is 2. The smallest absolute Gasteiger partial charge is 0.265 e. The van der Waals surface area contributed by atoms with Crippen molar-refractivity contribution in [2.24, 2.45) is 0 Å². The standard InChI is InChI=1S/C21H22BrN3O3/c1-14-10-16(24-8-2-3-9-24)5-6-17(14)23-20(26)12-25-18-7-4-15(22)11-19(18)28-13-21(25)27/h4-7,10-11H,2-3,8-9,12-13H2,1H3,(H,23,26). The lowest BCUT2D eigenvalue weighted by Gasteiger charge is -2.29. The molecule has 0 bridgehead atoms. The van der Waals surface area contributed by atoms with Crippen molar-refractivity contribution in [3.63, 3.8) is 0 Å². The molecule has 28 heavy (non-hydrogen) atoms. The monoisotopic (exact) mass is 443 g/mol. The van der Waals surface area contributed by atoms with Gasteiger partial charge in [-0.1, -0.05) is 15.9 Å². The summed E-state index contributed by atoms with van der Waals surface area (Å²) in [5.41, 5.74) is 3.58. The van der Waals surface area contributed by atoms with Crippen LogP contribution in [0, 0.1) is 6.92 Å². The molecule has 0 unspecified atom stereocenters. The van der Waals surface area contributed by atoms with Crippen molar-refractivity contribution in [2.75, 3.05) is 41.4 Å². The van der Waals surface area contributed by atoms with E-state index < -0.39 is 0 Å². The number of carbonyl (C=O) groups is 2. The van der Waals surface area contributed by atoms with Crippen LogP contribution >= 0.6 is 15.9 Å². The highest BCUT2D eigenvalue weighted by Crippen LogP contribution is 2.34. The molecule has 0 aromatic heterocycles. The van der Waals surface area contributed by atoms with Gasteiger partial charge in [0.25, 0.3) is 5.91 Å². The first-order chi connectivity index (χ1) is 13.5. The fraction of sp³-hybridized carbons (Fsp3) is 0.333. The van der Waals surface area contributed by atoms with Gasteiger partial charge in [-0.3, -0.25) is 14.5 Å². The molecule has 146 valence electrons. The summed E-state index contributed by atoms with van der Waals surface area (Å²) in [5.74, 6) is 0.125. The summed E-state index contributed by atoms with van der Waals surface area (Å²) in [6, 6.07) is 11.5. The van der Waals surface area contributed by atoms with E-state index in [0.29, 0.717) is 11.4 Å². The third-order valence-electron chi connectivity index (χ3n) is 5.12. The number of rotatable bonds is 4. The third-order valence-corrected chi connectivity index (χ3v) is 5.62. The Morgan fingerprint density at radius 1 is 1.18 bits per heavy atom. The average molecular weight is 444 g/mol. The van der Waals surface area contributed by atoms with Gasteiger partial charge in [-0.2, -0.15) is 0 Å². The van der Waals surface area contributed by atoms with E-state index in [1.807, 2.05) is 25.1 Å². The molecule has 0 atom stereocenters. The summed E-state index contributed by atoms with van der Waals surface area (Å²) in [5, 5.41) is 2.94. The topological polar surface area (TPSA) is 61.9 Å². The molecule has 2 aromatic rings. The highest BCUT2D eigenvalue weighted by molar-refractivity contribution is 9.10. The first-order valence-electron chi connectivity index (χ1n) is 9.39. The number of hydrogen-bond acceptors (Lipinski definition) is 4. The average Bonchev–Trinajstić information content (AvgIpc) is 3.20. The Morgan fingerprint density at radius 2 is 1.96 bits per heavy atom.